The van der Waals surface area contributed by atoms with Gasteiger partial charge in [-0.3, -0.25) is 4.79 Å². The molecule has 0 fully saturated rings. The van der Waals surface area contributed by atoms with Gasteiger partial charge in [0.15, 0.2) is 0 Å². The summed E-state index contributed by atoms with van der Waals surface area (Å²) >= 11 is 1.68. The Bertz CT molecular complexity index is 828. The Morgan fingerprint density at radius 3 is 2.54 bits per heavy atom. The first-order valence-electron chi connectivity index (χ1n) is 7.07. The molecule has 7 nitrogen and oxygen atoms in total. The molecule has 1 amide bonds. The highest BCUT2D eigenvalue weighted by Crippen LogP contribution is 2.14. The maximum atomic E-state index is 12.1. The van der Waals surface area contributed by atoms with Crippen LogP contribution in [0.2, 0.25) is 0 Å². The number of carbonyl (C=O) groups is 1. The number of carbonyl (C=O) groups excluding carboxylic acids is 1. The monoisotopic (exact) mass is 338 g/mol. The van der Waals surface area contributed by atoms with Crippen LogP contribution in [0.4, 0.5) is 0 Å². The molecular formula is C16H14N6OS. The maximum Gasteiger partial charge on any atom is 0.271 e. The van der Waals surface area contributed by atoms with E-state index in [0.29, 0.717) is 5.56 Å². The lowest BCUT2D eigenvalue weighted by Crippen LogP contribution is -2.17. The van der Waals surface area contributed by atoms with Crippen molar-refractivity contribution in [3.63, 3.8) is 0 Å². The predicted molar refractivity (Wildman–Crippen MR) is 92.4 cm³/mol. The SMILES string of the molecule is CSc1ccc(/C=N/NC(=O)c2ccc(-n3cnnn3)cc2)cc1. The van der Waals surface area contributed by atoms with Gasteiger partial charge in [-0.05, 0) is 58.6 Å². The van der Waals surface area contributed by atoms with Crippen molar-refractivity contribution in [1.82, 2.24) is 25.6 Å². The summed E-state index contributed by atoms with van der Waals surface area (Å²) in [5, 5.41) is 14.9. The van der Waals surface area contributed by atoms with Gasteiger partial charge in [0.05, 0.1) is 11.9 Å². The van der Waals surface area contributed by atoms with E-state index in [9.17, 15) is 4.79 Å². The Morgan fingerprint density at radius 2 is 1.92 bits per heavy atom. The van der Waals surface area contributed by atoms with Gasteiger partial charge < -0.3 is 0 Å². The second-order valence-corrected chi connectivity index (χ2v) is 5.65. The topological polar surface area (TPSA) is 85.1 Å². The molecule has 3 rings (SSSR count). The van der Waals surface area contributed by atoms with E-state index >= 15 is 0 Å². The van der Waals surface area contributed by atoms with Crippen LogP contribution < -0.4 is 5.43 Å². The first-order chi connectivity index (χ1) is 11.8. The van der Waals surface area contributed by atoms with E-state index in [2.05, 4.69) is 26.1 Å². The van der Waals surface area contributed by atoms with Crippen molar-refractivity contribution in [2.24, 2.45) is 5.10 Å². The minimum atomic E-state index is -0.282. The van der Waals surface area contributed by atoms with Crippen LogP contribution in [0, 0.1) is 0 Å². The van der Waals surface area contributed by atoms with Gasteiger partial charge in [0.1, 0.15) is 6.33 Å². The zero-order valence-corrected chi connectivity index (χ0v) is 13.6. The van der Waals surface area contributed by atoms with Crippen LogP contribution in [-0.2, 0) is 0 Å². The highest BCUT2D eigenvalue weighted by Gasteiger charge is 2.05. The summed E-state index contributed by atoms with van der Waals surface area (Å²) < 4.78 is 1.51. The molecule has 0 aliphatic rings. The van der Waals surface area contributed by atoms with Crippen LogP contribution in [0.1, 0.15) is 15.9 Å². The number of benzene rings is 2. The van der Waals surface area contributed by atoms with Crippen LogP contribution in [-0.4, -0.2) is 38.6 Å². The van der Waals surface area contributed by atoms with Crippen LogP contribution in [0.3, 0.4) is 0 Å². The van der Waals surface area contributed by atoms with Crippen molar-refractivity contribution in [1.29, 1.82) is 0 Å². The molecule has 24 heavy (non-hydrogen) atoms. The molecule has 0 atom stereocenters. The number of aromatic nitrogens is 4. The number of hydrogen-bond donors (Lipinski definition) is 1. The van der Waals surface area contributed by atoms with Crippen LogP contribution in [0.25, 0.3) is 5.69 Å². The molecule has 3 aromatic rings. The van der Waals surface area contributed by atoms with Crippen molar-refractivity contribution in [2.75, 3.05) is 6.26 Å². The number of nitrogens with zero attached hydrogens (tertiary/aromatic N) is 5. The molecule has 0 aliphatic carbocycles. The van der Waals surface area contributed by atoms with E-state index in [0.717, 1.165) is 11.3 Å². The lowest BCUT2D eigenvalue weighted by Gasteiger charge is -2.02. The highest BCUT2D eigenvalue weighted by atomic mass is 32.2. The average molecular weight is 338 g/mol. The second-order valence-electron chi connectivity index (χ2n) is 4.77. The van der Waals surface area contributed by atoms with Crippen molar-refractivity contribution in [2.45, 2.75) is 4.90 Å². The van der Waals surface area contributed by atoms with Gasteiger partial charge in [-0.1, -0.05) is 12.1 Å². The van der Waals surface area contributed by atoms with Crippen molar-refractivity contribution in [3.05, 3.63) is 66.0 Å². The van der Waals surface area contributed by atoms with E-state index in [4.69, 9.17) is 0 Å². The van der Waals surface area contributed by atoms with Crippen LogP contribution in [0.15, 0.2) is 64.9 Å². The van der Waals surface area contributed by atoms with Crippen LogP contribution in [0.5, 0.6) is 0 Å². The van der Waals surface area contributed by atoms with Crippen molar-refractivity contribution >= 4 is 23.9 Å². The third-order valence-corrected chi connectivity index (χ3v) is 3.98. The van der Waals surface area contributed by atoms with Crippen molar-refractivity contribution in [3.8, 4) is 5.69 Å². The Morgan fingerprint density at radius 1 is 1.17 bits per heavy atom. The summed E-state index contributed by atoms with van der Waals surface area (Å²) in [4.78, 5) is 13.2. The molecule has 0 bridgehead atoms. The highest BCUT2D eigenvalue weighted by molar-refractivity contribution is 7.98. The van der Waals surface area contributed by atoms with Crippen LogP contribution >= 0.6 is 11.8 Å². The third-order valence-electron chi connectivity index (χ3n) is 3.24. The standard InChI is InChI=1S/C16H14N6OS/c1-24-15-8-2-12(3-9-15)10-17-19-16(23)13-4-6-14(7-5-13)22-11-18-20-21-22/h2-11H,1H3,(H,19,23)/b17-10+. The smallest absolute Gasteiger partial charge is 0.267 e. The zero-order chi connectivity index (χ0) is 16.8. The fourth-order valence-electron chi connectivity index (χ4n) is 1.97. The summed E-state index contributed by atoms with van der Waals surface area (Å²) in [6, 6.07) is 14.8. The molecule has 1 heterocycles. The number of tetrazole rings is 1. The summed E-state index contributed by atoms with van der Waals surface area (Å²) in [7, 11) is 0. The Balaban J connectivity index is 1.61. The third kappa shape index (κ3) is 3.85. The Kier molecular flexibility index (Phi) is 4.97. The van der Waals surface area contributed by atoms with Gasteiger partial charge in [0.2, 0.25) is 0 Å². The number of thioether (sulfide) groups is 1. The summed E-state index contributed by atoms with van der Waals surface area (Å²) in [6.07, 6.45) is 5.12. The number of rotatable bonds is 5. The molecule has 1 aromatic heterocycles. The fourth-order valence-corrected chi connectivity index (χ4v) is 2.37. The molecule has 2 aromatic carbocycles. The molecule has 0 saturated heterocycles. The molecule has 8 heteroatoms. The largest absolute Gasteiger partial charge is 0.271 e. The molecule has 0 aliphatic heterocycles. The minimum Gasteiger partial charge on any atom is -0.267 e. The molecule has 1 N–H and O–H groups in total. The molecule has 0 unspecified atom stereocenters. The van der Waals surface area contributed by atoms with E-state index in [-0.39, 0.29) is 5.91 Å². The number of hydrogen-bond acceptors (Lipinski definition) is 6. The van der Waals surface area contributed by atoms with Crippen molar-refractivity contribution < 1.29 is 4.79 Å². The average Bonchev–Trinajstić information content (AvgIpc) is 3.17. The molecule has 0 radical (unpaired) electrons. The molecule has 0 spiro atoms. The molecular weight excluding hydrogens is 324 g/mol. The summed E-state index contributed by atoms with van der Waals surface area (Å²) in [5.41, 5.74) is 4.70. The molecule has 120 valence electrons. The molecule has 0 saturated carbocycles. The van der Waals surface area contributed by atoms with E-state index in [1.165, 1.54) is 15.9 Å². The quantitative estimate of drug-likeness (QED) is 0.438. The lowest BCUT2D eigenvalue weighted by atomic mass is 10.2. The van der Waals surface area contributed by atoms with E-state index in [1.807, 2.05) is 30.5 Å². The van der Waals surface area contributed by atoms with Gasteiger partial charge in [-0.2, -0.15) is 5.10 Å². The number of amides is 1. The lowest BCUT2D eigenvalue weighted by molar-refractivity contribution is 0.0955. The predicted octanol–water partition coefficient (Wildman–Crippen LogP) is 2.15. The van der Waals surface area contributed by atoms with Gasteiger partial charge in [-0.25, -0.2) is 10.1 Å². The number of nitrogens with one attached hydrogen (secondary N) is 1. The second kappa shape index (κ2) is 7.51. The van der Waals surface area contributed by atoms with E-state index in [1.54, 1.807) is 42.2 Å². The zero-order valence-electron chi connectivity index (χ0n) is 12.8. The fraction of sp³-hybridized carbons (Fsp3) is 0.0625. The van der Waals surface area contributed by atoms with Gasteiger partial charge in [-0.15, -0.1) is 16.9 Å². The van der Waals surface area contributed by atoms with Gasteiger partial charge in [0, 0.05) is 10.5 Å². The Labute approximate surface area is 142 Å². The summed E-state index contributed by atoms with van der Waals surface area (Å²) in [5.74, 6) is -0.282. The van der Waals surface area contributed by atoms with Gasteiger partial charge >= 0.3 is 0 Å². The first kappa shape index (κ1) is 15.9. The normalized spacial score (nSPS) is 10.9. The maximum absolute atomic E-state index is 12.1. The number of hydrazone groups is 1. The van der Waals surface area contributed by atoms with Gasteiger partial charge in [0.25, 0.3) is 5.91 Å². The Hall–Kier alpha value is -3.00. The summed E-state index contributed by atoms with van der Waals surface area (Å²) in [6.45, 7) is 0. The van der Waals surface area contributed by atoms with E-state index < -0.39 is 0 Å². The first-order valence-corrected chi connectivity index (χ1v) is 8.29. The minimum absolute atomic E-state index is 0.282.